The summed E-state index contributed by atoms with van der Waals surface area (Å²) in [5, 5.41) is 23.6. The first-order chi connectivity index (χ1) is 72.9. The third-order valence-electron chi connectivity index (χ3n) is 31.6. The van der Waals surface area contributed by atoms with E-state index in [0.29, 0.717) is 0 Å². The molecule has 0 saturated carbocycles. The highest BCUT2D eigenvalue weighted by atomic mass is 14.3. The van der Waals surface area contributed by atoms with Crippen molar-refractivity contribution in [1.82, 2.24) is 0 Å². The number of hydrogen-bond acceptors (Lipinski definition) is 0. The second-order valence-corrected chi connectivity index (χ2v) is 39.7. The molecule has 0 aromatic heterocycles. The Kier molecular flexibility index (Phi) is 21.3. The van der Waals surface area contributed by atoms with Gasteiger partial charge in [-0.3, -0.25) is 0 Å². The molecule has 0 N–H and O–H groups in total. The molecular formula is C147H96. The minimum atomic E-state index is 0.912. The maximum Gasteiger partial charge on any atom is -0.000111 e. The molecule has 30 rings (SSSR count). The third-order valence-corrected chi connectivity index (χ3v) is 31.6. The molecule has 0 bridgehead atoms. The van der Waals surface area contributed by atoms with Crippen LogP contribution in [0.3, 0.4) is 0 Å². The van der Waals surface area contributed by atoms with E-state index < -0.39 is 0 Å². The molecule has 3 aliphatic carbocycles. The average Bonchev–Trinajstić information content (AvgIpc) is 1.66. The lowest BCUT2D eigenvalue weighted by molar-refractivity contribution is 1.26. The molecule has 0 spiro atoms. The Bertz CT molecular complexity index is 9850. The highest BCUT2D eigenvalue weighted by Gasteiger charge is 2.30. The van der Waals surface area contributed by atoms with Gasteiger partial charge in [-0.2, -0.15) is 0 Å². The summed E-state index contributed by atoms with van der Waals surface area (Å²) in [6, 6.07) is 201. The molecule has 0 unspecified atom stereocenters. The second-order valence-electron chi connectivity index (χ2n) is 39.7. The molecule has 0 aliphatic heterocycles. The van der Waals surface area contributed by atoms with Crippen molar-refractivity contribution >= 4 is 97.0 Å². The zero-order valence-electron chi connectivity index (χ0n) is 81.1. The van der Waals surface area contributed by atoms with Gasteiger partial charge in [0.05, 0.1) is 0 Å². The maximum atomic E-state index is 2.44. The van der Waals surface area contributed by atoms with E-state index in [0.717, 1.165) is 19.3 Å². The summed E-state index contributed by atoms with van der Waals surface area (Å²) in [6.07, 6.45) is 2.81. The number of hydrogen-bond donors (Lipinski definition) is 0. The minimum Gasteiger partial charge on any atom is -0.0622 e. The van der Waals surface area contributed by atoms with Crippen LogP contribution in [0.15, 0.2) is 546 Å². The van der Waals surface area contributed by atoms with Crippen LogP contribution in [0.4, 0.5) is 0 Å². The summed E-state index contributed by atoms with van der Waals surface area (Å²) < 4.78 is 0. The Morgan fingerprint density at radius 3 is 0.735 bits per heavy atom. The zero-order valence-corrected chi connectivity index (χ0v) is 81.1. The topological polar surface area (TPSA) is 0 Å². The van der Waals surface area contributed by atoms with E-state index >= 15 is 0 Å². The quantitative estimate of drug-likeness (QED) is 0.107. The van der Waals surface area contributed by atoms with Crippen molar-refractivity contribution in [3.05, 3.63) is 579 Å². The van der Waals surface area contributed by atoms with Gasteiger partial charge in [-0.1, -0.05) is 497 Å². The summed E-state index contributed by atoms with van der Waals surface area (Å²) in [6.45, 7) is 0. The van der Waals surface area contributed by atoms with Crippen LogP contribution in [0.25, 0.3) is 264 Å². The van der Waals surface area contributed by atoms with Crippen LogP contribution in [0, 0.1) is 0 Å². The van der Waals surface area contributed by atoms with E-state index in [-0.39, 0.29) is 0 Å². The van der Waals surface area contributed by atoms with E-state index in [1.54, 1.807) is 0 Å². The molecule has 147 heavy (non-hydrogen) atoms. The third kappa shape index (κ3) is 15.3. The van der Waals surface area contributed by atoms with Crippen LogP contribution in [0.1, 0.15) is 33.4 Å². The lowest BCUT2D eigenvalue weighted by Gasteiger charge is -2.16. The summed E-state index contributed by atoms with van der Waals surface area (Å²) >= 11 is 0. The van der Waals surface area contributed by atoms with Crippen molar-refractivity contribution in [2.24, 2.45) is 0 Å². The van der Waals surface area contributed by atoms with Gasteiger partial charge in [0.25, 0.3) is 0 Å². The molecule has 3 aliphatic rings. The fourth-order valence-electron chi connectivity index (χ4n) is 24.5. The fraction of sp³-hybridized carbons (Fsp3) is 0.0204. The van der Waals surface area contributed by atoms with Gasteiger partial charge in [0, 0.05) is 0 Å². The van der Waals surface area contributed by atoms with Crippen molar-refractivity contribution in [3.63, 3.8) is 0 Å². The van der Waals surface area contributed by atoms with Crippen molar-refractivity contribution in [1.29, 1.82) is 0 Å². The molecule has 684 valence electrons. The van der Waals surface area contributed by atoms with Gasteiger partial charge in [0.15, 0.2) is 0 Å². The first kappa shape index (κ1) is 86.2. The van der Waals surface area contributed by atoms with Gasteiger partial charge in [0.1, 0.15) is 0 Å². The Balaban J connectivity index is 0.000000107. The van der Waals surface area contributed by atoms with Crippen LogP contribution in [-0.4, -0.2) is 0 Å². The highest BCUT2D eigenvalue weighted by Crippen LogP contribution is 2.53. The van der Waals surface area contributed by atoms with Crippen LogP contribution in [0.5, 0.6) is 0 Å². The minimum absolute atomic E-state index is 0.912. The van der Waals surface area contributed by atoms with Gasteiger partial charge >= 0.3 is 0 Å². The van der Waals surface area contributed by atoms with Crippen molar-refractivity contribution in [3.8, 4) is 167 Å². The summed E-state index contributed by atoms with van der Waals surface area (Å²) in [5.74, 6) is 0. The summed E-state index contributed by atoms with van der Waals surface area (Å²) in [7, 11) is 0. The molecule has 0 nitrogen and oxygen atoms in total. The molecule has 27 aromatic carbocycles. The van der Waals surface area contributed by atoms with Crippen molar-refractivity contribution in [2.75, 3.05) is 0 Å². The van der Waals surface area contributed by atoms with E-state index in [2.05, 4.69) is 546 Å². The standard InChI is InChI=1S/3C49H32/c1-2-10-32(11-3-1)33-20-22-34(23-21-33)35-12-8-13-38(28-35)40-18-9-19-45-47-29-36(24-25-39(47)31-48(40)45)37-26-27-46-43-16-5-4-14-41(43)42-15-6-7-17-44(42)49(46)30-37;1-2-12-32(13-3-1)33-24-26-34(27-25-33)36-14-4-5-15-38(36)43-22-11-23-45-44-21-10-20-37(48(44)31-49(43)45)35-28-29-46-41-18-7-6-16-39(41)40-17-8-9-19-42(40)47(46)30-35;1-2-11-32(12-3-1)33-21-23-34(24-22-33)35-14-10-15-37(27-35)46-30-39(31-47-40-16-5-4-13-38(40)29-49(46)47)36-25-26-45-43-19-7-6-17-41(43)42-18-8-9-20-44(42)48(45)28-36/h2*1-30H,31H2;1-28,30-31H,29H2. The van der Waals surface area contributed by atoms with Crippen LogP contribution in [-0.2, 0) is 19.3 Å². The largest absolute Gasteiger partial charge is 0.0622 e. The van der Waals surface area contributed by atoms with Gasteiger partial charge in [0.2, 0.25) is 0 Å². The monoisotopic (exact) mass is 1860 g/mol. The number of rotatable bonds is 12. The molecule has 0 heteroatoms. The Labute approximate surface area is 856 Å². The smallest absolute Gasteiger partial charge is 0.000111 e. The first-order valence-electron chi connectivity index (χ1n) is 51.4. The van der Waals surface area contributed by atoms with Gasteiger partial charge in [-0.25, -0.2) is 0 Å². The second kappa shape index (κ2) is 36.4. The lowest BCUT2D eigenvalue weighted by Crippen LogP contribution is -1.92. The molecule has 0 heterocycles. The fourth-order valence-corrected chi connectivity index (χ4v) is 24.5. The molecule has 0 radical (unpaired) electrons. The highest BCUT2D eigenvalue weighted by molar-refractivity contribution is 6.29. The van der Waals surface area contributed by atoms with Crippen molar-refractivity contribution in [2.45, 2.75) is 19.3 Å². The Hall–Kier alpha value is -18.7. The van der Waals surface area contributed by atoms with Crippen LogP contribution >= 0.6 is 0 Å². The van der Waals surface area contributed by atoms with E-state index in [1.807, 2.05) is 0 Å². The normalized spacial score (nSPS) is 12.0. The van der Waals surface area contributed by atoms with E-state index in [1.165, 1.54) is 297 Å². The van der Waals surface area contributed by atoms with Crippen LogP contribution in [0.2, 0.25) is 0 Å². The summed E-state index contributed by atoms with van der Waals surface area (Å²) in [4.78, 5) is 0. The molecule has 0 amide bonds. The average molecular weight is 1860 g/mol. The molecule has 0 atom stereocenters. The SMILES string of the molecule is c1ccc(-c2ccc(-c3cccc(-c4cc(-c5ccc6c7ccccc7c7ccccc7c6c5)cc5c4Cc4ccccc4-5)c3)cc2)cc1.c1ccc(-c2ccc(-c3cccc(-c4cccc5c4Cc4ccc(-c6ccc7c8ccccc8c8ccccc8c7c6)cc4-5)c3)cc2)cc1.c1ccc(-c2ccc(-c3ccccc3-c3cccc4c3Cc3c(-c5ccc6c7ccccc7c7ccccc7c6c5)cccc3-4)cc2)cc1. The predicted molar refractivity (Wildman–Crippen MR) is 627 cm³/mol. The first-order valence-corrected chi connectivity index (χ1v) is 51.4. The lowest BCUT2D eigenvalue weighted by atomic mass is 9.88. The van der Waals surface area contributed by atoms with Gasteiger partial charge < -0.3 is 0 Å². The molecule has 27 aromatic rings. The zero-order chi connectivity index (χ0) is 96.9. The molecule has 0 saturated heterocycles. The van der Waals surface area contributed by atoms with Gasteiger partial charge in [-0.05, 0) is 365 Å². The molecular weight excluding hydrogens is 1770 g/mol. The van der Waals surface area contributed by atoms with Crippen LogP contribution < -0.4 is 0 Å². The van der Waals surface area contributed by atoms with E-state index in [4.69, 9.17) is 0 Å². The molecule has 0 fully saturated rings. The number of benzene rings is 27. The predicted octanol–water partition coefficient (Wildman–Crippen LogP) is 40.2. The Morgan fingerprint density at radius 1 is 0.0816 bits per heavy atom. The summed E-state index contributed by atoms with van der Waals surface area (Å²) in [5.41, 5.74) is 46.8. The number of fused-ring (bicyclic) bond motifs is 27. The maximum absolute atomic E-state index is 2.44. The Morgan fingerprint density at radius 2 is 0.299 bits per heavy atom. The van der Waals surface area contributed by atoms with E-state index in [9.17, 15) is 0 Å². The van der Waals surface area contributed by atoms with Gasteiger partial charge in [-0.15, -0.1) is 0 Å². The van der Waals surface area contributed by atoms with Crippen molar-refractivity contribution < 1.29 is 0 Å².